The molecule has 0 bridgehead atoms. The summed E-state index contributed by atoms with van der Waals surface area (Å²) >= 11 is 0. The zero-order valence-corrected chi connectivity index (χ0v) is 16.4. The van der Waals surface area contributed by atoms with Gasteiger partial charge in [0, 0.05) is 32.1 Å². The number of guanidine groups is 1. The average Bonchev–Trinajstić information content (AvgIpc) is 3.07. The summed E-state index contributed by atoms with van der Waals surface area (Å²) in [6.07, 6.45) is 2.75. The van der Waals surface area contributed by atoms with Gasteiger partial charge in [0.05, 0.1) is 18.0 Å². The van der Waals surface area contributed by atoms with Crippen LogP contribution in [0.4, 0.5) is 0 Å². The van der Waals surface area contributed by atoms with Crippen LogP contribution in [-0.2, 0) is 16.6 Å². The second kappa shape index (κ2) is 11.1. The molecule has 1 heterocycles. The molecule has 0 aliphatic heterocycles. The van der Waals surface area contributed by atoms with Crippen LogP contribution in [0.1, 0.15) is 57.4 Å². The summed E-state index contributed by atoms with van der Waals surface area (Å²) in [5, 5.41) is 10.4. The average molecular weight is 374 g/mol. The summed E-state index contributed by atoms with van der Waals surface area (Å²) in [4.78, 5) is 4.13. The molecule has 1 aromatic rings. The molecule has 25 heavy (non-hydrogen) atoms. The van der Waals surface area contributed by atoms with E-state index in [0.717, 1.165) is 24.3 Å². The van der Waals surface area contributed by atoms with E-state index in [0.29, 0.717) is 37.9 Å². The molecule has 0 aliphatic carbocycles. The number of hydrogen-bond donors (Lipinski definition) is 3. The fourth-order valence-electron chi connectivity index (χ4n) is 2.33. The number of nitrogens with zero attached hydrogens (tertiary/aromatic N) is 2. The zero-order chi connectivity index (χ0) is 18.7. The van der Waals surface area contributed by atoms with Crippen LogP contribution in [0.25, 0.3) is 0 Å². The highest BCUT2D eigenvalue weighted by atomic mass is 32.2. The summed E-state index contributed by atoms with van der Waals surface area (Å²) in [6.45, 7) is 7.42. The molecule has 0 aliphatic rings. The third-order valence-electron chi connectivity index (χ3n) is 3.98. The maximum absolute atomic E-state index is 11.3. The van der Waals surface area contributed by atoms with Gasteiger partial charge in [0.1, 0.15) is 0 Å². The van der Waals surface area contributed by atoms with Gasteiger partial charge in [-0.15, -0.1) is 0 Å². The molecule has 8 nitrogen and oxygen atoms in total. The molecule has 144 valence electrons. The molecule has 3 N–H and O–H groups in total. The van der Waals surface area contributed by atoms with E-state index in [1.54, 1.807) is 14.0 Å². The molecule has 0 fully saturated rings. The van der Waals surface area contributed by atoms with Crippen molar-refractivity contribution >= 4 is 16.0 Å². The predicted octanol–water partition coefficient (Wildman–Crippen LogP) is 1.57. The SMILES string of the molecule is CCC(CC)c1cc(CNC(=NC)NCCCNS(=O)(=O)CC)on1. The molecule has 0 saturated carbocycles. The highest BCUT2D eigenvalue weighted by molar-refractivity contribution is 7.89. The topological polar surface area (TPSA) is 109 Å². The summed E-state index contributed by atoms with van der Waals surface area (Å²) in [5.41, 5.74) is 0.993. The van der Waals surface area contributed by atoms with E-state index >= 15 is 0 Å². The Balaban J connectivity index is 2.33. The minimum absolute atomic E-state index is 0.0970. The predicted molar refractivity (Wildman–Crippen MR) is 100 cm³/mol. The lowest BCUT2D eigenvalue weighted by atomic mass is 9.99. The molecule has 1 aromatic heterocycles. The lowest BCUT2D eigenvalue weighted by Crippen LogP contribution is -2.38. The summed E-state index contributed by atoms with van der Waals surface area (Å²) in [6, 6.07) is 1.98. The standard InChI is InChI=1S/C16H31N5O3S/c1-5-13(6-2)15-11-14(24-21-15)12-19-16(17-4)18-9-8-10-20-25(22,23)7-3/h11,13,20H,5-10,12H2,1-4H3,(H2,17,18,19). The quantitative estimate of drug-likeness (QED) is 0.309. The number of nitrogens with one attached hydrogen (secondary N) is 3. The van der Waals surface area contributed by atoms with Crippen LogP contribution in [0.2, 0.25) is 0 Å². The van der Waals surface area contributed by atoms with Gasteiger partial charge in [-0.2, -0.15) is 0 Å². The fraction of sp³-hybridized carbons (Fsp3) is 0.750. The molecule has 0 atom stereocenters. The van der Waals surface area contributed by atoms with E-state index < -0.39 is 10.0 Å². The Morgan fingerprint density at radius 2 is 1.96 bits per heavy atom. The first-order valence-corrected chi connectivity index (χ1v) is 10.5. The van der Waals surface area contributed by atoms with Crippen molar-refractivity contribution in [1.82, 2.24) is 20.5 Å². The van der Waals surface area contributed by atoms with Gasteiger partial charge in [0.25, 0.3) is 0 Å². The molecule has 9 heteroatoms. The van der Waals surface area contributed by atoms with Crippen LogP contribution in [-0.4, -0.2) is 45.4 Å². The van der Waals surface area contributed by atoms with Crippen LogP contribution in [0.5, 0.6) is 0 Å². The van der Waals surface area contributed by atoms with Crippen molar-refractivity contribution in [3.05, 3.63) is 17.5 Å². The van der Waals surface area contributed by atoms with Crippen LogP contribution >= 0.6 is 0 Å². The largest absolute Gasteiger partial charge is 0.359 e. The van der Waals surface area contributed by atoms with Crippen LogP contribution in [0, 0.1) is 0 Å². The number of aliphatic imine (C=N–C) groups is 1. The molecule has 0 amide bonds. The number of sulfonamides is 1. The third kappa shape index (κ3) is 7.87. The number of hydrogen-bond acceptors (Lipinski definition) is 5. The highest BCUT2D eigenvalue weighted by Crippen LogP contribution is 2.22. The first-order chi connectivity index (χ1) is 12.0. The van der Waals surface area contributed by atoms with E-state index in [9.17, 15) is 8.42 Å². The van der Waals surface area contributed by atoms with E-state index in [1.165, 1.54) is 0 Å². The van der Waals surface area contributed by atoms with Crippen molar-refractivity contribution < 1.29 is 12.9 Å². The Hall–Kier alpha value is -1.61. The van der Waals surface area contributed by atoms with E-state index in [2.05, 4.69) is 39.4 Å². The van der Waals surface area contributed by atoms with Crippen molar-refractivity contribution in [1.29, 1.82) is 0 Å². The van der Waals surface area contributed by atoms with E-state index in [1.807, 2.05) is 6.07 Å². The monoisotopic (exact) mass is 373 g/mol. The van der Waals surface area contributed by atoms with Crippen LogP contribution in [0.15, 0.2) is 15.6 Å². The van der Waals surface area contributed by atoms with Gasteiger partial charge in [-0.1, -0.05) is 19.0 Å². The molecule has 1 rings (SSSR count). The Kier molecular flexibility index (Phi) is 9.51. The van der Waals surface area contributed by atoms with Crippen molar-refractivity contribution in [3.8, 4) is 0 Å². The van der Waals surface area contributed by atoms with Gasteiger partial charge in [-0.25, -0.2) is 13.1 Å². The van der Waals surface area contributed by atoms with Crippen LogP contribution in [0.3, 0.4) is 0 Å². The number of rotatable bonds is 11. The lowest BCUT2D eigenvalue weighted by molar-refractivity contribution is 0.368. The van der Waals surface area contributed by atoms with Gasteiger partial charge < -0.3 is 15.2 Å². The van der Waals surface area contributed by atoms with Gasteiger partial charge in [0.15, 0.2) is 11.7 Å². The normalized spacial score (nSPS) is 12.6. The second-order valence-corrected chi connectivity index (χ2v) is 7.83. The lowest BCUT2D eigenvalue weighted by Gasteiger charge is -2.11. The Morgan fingerprint density at radius 1 is 1.24 bits per heavy atom. The van der Waals surface area contributed by atoms with Crippen molar-refractivity contribution in [2.45, 2.75) is 52.5 Å². The van der Waals surface area contributed by atoms with Gasteiger partial charge in [0.2, 0.25) is 10.0 Å². The summed E-state index contributed by atoms with van der Waals surface area (Å²) < 4.78 is 30.5. The molecule has 0 spiro atoms. The van der Waals surface area contributed by atoms with Gasteiger partial charge in [-0.05, 0) is 26.2 Å². The van der Waals surface area contributed by atoms with Crippen molar-refractivity contribution in [3.63, 3.8) is 0 Å². The van der Waals surface area contributed by atoms with Crippen LogP contribution < -0.4 is 15.4 Å². The Morgan fingerprint density at radius 3 is 2.56 bits per heavy atom. The third-order valence-corrected chi connectivity index (χ3v) is 5.39. The fourth-order valence-corrected chi connectivity index (χ4v) is 2.99. The Labute approximate surface area is 150 Å². The number of aromatic nitrogens is 1. The zero-order valence-electron chi connectivity index (χ0n) is 15.6. The van der Waals surface area contributed by atoms with Crippen molar-refractivity contribution in [2.24, 2.45) is 4.99 Å². The van der Waals surface area contributed by atoms with Gasteiger partial charge >= 0.3 is 0 Å². The summed E-state index contributed by atoms with van der Waals surface area (Å²) in [5.74, 6) is 1.93. The first kappa shape index (κ1) is 21.4. The second-order valence-electron chi connectivity index (χ2n) is 5.74. The summed E-state index contributed by atoms with van der Waals surface area (Å²) in [7, 11) is -1.44. The minimum Gasteiger partial charge on any atom is -0.359 e. The smallest absolute Gasteiger partial charge is 0.211 e. The molecular formula is C16H31N5O3S. The van der Waals surface area contributed by atoms with E-state index in [-0.39, 0.29) is 5.75 Å². The molecular weight excluding hydrogens is 342 g/mol. The molecule has 0 saturated heterocycles. The molecule has 0 aromatic carbocycles. The van der Waals surface area contributed by atoms with Crippen molar-refractivity contribution in [2.75, 3.05) is 25.9 Å². The minimum atomic E-state index is -3.12. The van der Waals surface area contributed by atoms with Gasteiger partial charge in [-0.3, -0.25) is 4.99 Å². The molecule has 0 radical (unpaired) electrons. The first-order valence-electron chi connectivity index (χ1n) is 8.83. The molecule has 0 unspecified atom stereocenters. The maximum Gasteiger partial charge on any atom is 0.211 e. The highest BCUT2D eigenvalue weighted by Gasteiger charge is 2.13. The Bertz CT molecular complexity index is 623. The maximum atomic E-state index is 11.3. The van der Waals surface area contributed by atoms with E-state index in [4.69, 9.17) is 4.52 Å².